The Labute approximate surface area is 208 Å². The monoisotopic (exact) mass is 489 g/mol. The Balaban J connectivity index is 1.33. The minimum absolute atomic E-state index is 0.221. The van der Waals surface area contributed by atoms with Crippen molar-refractivity contribution in [3.63, 3.8) is 0 Å². The van der Waals surface area contributed by atoms with Gasteiger partial charge in [-0.3, -0.25) is 14.5 Å². The zero-order valence-electron chi connectivity index (χ0n) is 19.8. The van der Waals surface area contributed by atoms with E-state index in [-0.39, 0.29) is 19.1 Å². The van der Waals surface area contributed by atoms with Crippen molar-refractivity contribution in [3.05, 3.63) is 78.4 Å². The summed E-state index contributed by atoms with van der Waals surface area (Å²) in [5.41, 5.74) is 7.99. The van der Waals surface area contributed by atoms with Gasteiger partial charge in [-0.25, -0.2) is 0 Å². The molecule has 0 unspecified atom stereocenters. The summed E-state index contributed by atoms with van der Waals surface area (Å²) in [5, 5.41) is 3.55. The van der Waals surface area contributed by atoms with Crippen molar-refractivity contribution in [1.82, 2.24) is 0 Å². The lowest BCUT2D eigenvalue weighted by Crippen LogP contribution is -2.26. The predicted molar refractivity (Wildman–Crippen MR) is 138 cm³/mol. The van der Waals surface area contributed by atoms with Gasteiger partial charge in [0.15, 0.2) is 0 Å². The number of anilines is 3. The molecule has 0 aliphatic rings. The van der Waals surface area contributed by atoms with Gasteiger partial charge in [0, 0.05) is 18.7 Å². The minimum Gasteiger partial charge on any atom is -0.492 e. The zero-order valence-corrected chi connectivity index (χ0v) is 19.8. The van der Waals surface area contributed by atoms with E-state index in [0.29, 0.717) is 59.5 Å². The van der Waals surface area contributed by atoms with Crippen LogP contribution in [0.1, 0.15) is 10.4 Å². The fourth-order valence-corrected chi connectivity index (χ4v) is 3.51. The fourth-order valence-electron chi connectivity index (χ4n) is 3.51. The molecule has 3 N–H and O–H groups in total. The Morgan fingerprint density at radius 3 is 2.56 bits per heavy atom. The van der Waals surface area contributed by atoms with Crippen molar-refractivity contribution < 1.29 is 28.2 Å². The second-order valence-electron chi connectivity index (χ2n) is 7.81. The first kappa shape index (κ1) is 24.6. The first-order valence-electron chi connectivity index (χ1n) is 11.3. The predicted octanol–water partition coefficient (Wildman–Crippen LogP) is 4.33. The molecule has 36 heavy (non-hydrogen) atoms. The van der Waals surface area contributed by atoms with E-state index in [4.69, 9.17) is 24.4 Å². The number of nitrogens with one attached hydrogen (secondary N) is 1. The molecule has 0 aliphatic carbocycles. The second kappa shape index (κ2) is 11.8. The summed E-state index contributed by atoms with van der Waals surface area (Å²) in [6, 6.07) is 21.0. The topological polar surface area (TPSA) is 116 Å². The Morgan fingerprint density at radius 1 is 1.00 bits per heavy atom. The first-order valence-corrected chi connectivity index (χ1v) is 11.3. The van der Waals surface area contributed by atoms with Crippen molar-refractivity contribution in [1.29, 1.82) is 0 Å². The number of benzene rings is 3. The summed E-state index contributed by atoms with van der Waals surface area (Å²) < 4.78 is 22.4. The van der Waals surface area contributed by atoms with E-state index in [1.165, 1.54) is 4.90 Å². The molecule has 0 aliphatic heterocycles. The first-order chi connectivity index (χ1) is 17.6. The van der Waals surface area contributed by atoms with Crippen LogP contribution in [-0.4, -0.2) is 45.8 Å². The third kappa shape index (κ3) is 5.94. The van der Waals surface area contributed by atoms with Gasteiger partial charge < -0.3 is 29.7 Å². The van der Waals surface area contributed by atoms with Crippen LogP contribution in [0.4, 0.5) is 17.3 Å². The summed E-state index contributed by atoms with van der Waals surface area (Å²) in [6.45, 7) is 1.35. The van der Waals surface area contributed by atoms with Gasteiger partial charge in [0.25, 0.3) is 5.91 Å². The quantitative estimate of drug-likeness (QED) is 0.173. The standard InChI is InChI=1S/C27H27N3O6/c1-33-15-16-35-24-7-4-8-25-21(24)17-26(36-25)30(18-31)13-14-34-20-11-9-19(10-12-20)27(32)29-23-6-3-2-5-22(23)28/h2-12,17-18H,13-16,28H2,1H3,(H,29,32). The van der Waals surface area contributed by atoms with Crippen LogP contribution in [0.15, 0.2) is 77.2 Å². The Bertz CT molecular complexity index is 1320. The van der Waals surface area contributed by atoms with Crippen LogP contribution in [0.25, 0.3) is 11.0 Å². The molecule has 3 aromatic carbocycles. The van der Waals surface area contributed by atoms with Crippen LogP contribution in [0.5, 0.6) is 11.5 Å². The minimum atomic E-state index is -0.276. The summed E-state index contributed by atoms with van der Waals surface area (Å²) in [5.74, 6) is 1.33. The van der Waals surface area contributed by atoms with Crippen molar-refractivity contribution in [2.45, 2.75) is 0 Å². The molecular weight excluding hydrogens is 462 g/mol. The number of rotatable bonds is 12. The molecule has 1 heterocycles. The van der Waals surface area contributed by atoms with Crippen molar-refractivity contribution in [2.75, 3.05) is 49.4 Å². The third-order valence-corrected chi connectivity index (χ3v) is 5.39. The number of methoxy groups -OCH3 is 1. The van der Waals surface area contributed by atoms with Crippen LogP contribution >= 0.6 is 0 Å². The van der Waals surface area contributed by atoms with E-state index in [1.54, 1.807) is 61.7 Å². The number of para-hydroxylation sites is 2. The molecule has 0 fully saturated rings. The fraction of sp³-hybridized carbons (Fsp3) is 0.185. The van der Waals surface area contributed by atoms with Crippen LogP contribution < -0.4 is 25.4 Å². The molecule has 9 nitrogen and oxygen atoms in total. The molecule has 9 heteroatoms. The van der Waals surface area contributed by atoms with Gasteiger partial charge in [-0.05, 0) is 48.5 Å². The second-order valence-corrected chi connectivity index (χ2v) is 7.81. The molecular formula is C27H27N3O6. The van der Waals surface area contributed by atoms with Gasteiger partial charge in [-0.15, -0.1) is 0 Å². The number of fused-ring (bicyclic) bond motifs is 1. The average molecular weight is 490 g/mol. The Morgan fingerprint density at radius 2 is 1.81 bits per heavy atom. The molecule has 1 aromatic heterocycles. The van der Waals surface area contributed by atoms with Gasteiger partial charge in [0.1, 0.15) is 30.3 Å². The number of nitrogens with zero attached hydrogens (tertiary/aromatic N) is 1. The number of hydrogen-bond acceptors (Lipinski definition) is 7. The summed E-state index contributed by atoms with van der Waals surface area (Å²) in [6.07, 6.45) is 0.690. The van der Waals surface area contributed by atoms with E-state index in [9.17, 15) is 9.59 Å². The molecule has 0 atom stereocenters. The smallest absolute Gasteiger partial charge is 0.255 e. The number of ether oxygens (including phenoxy) is 3. The van der Waals surface area contributed by atoms with Gasteiger partial charge in [0.05, 0.1) is 29.9 Å². The number of furan rings is 1. The van der Waals surface area contributed by atoms with Crippen molar-refractivity contribution in [3.8, 4) is 11.5 Å². The highest BCUT2D eigenvalue weighted by molar-refractivity contribution is 6.05. The zero-order chi connectivity index (χ0) is 25.3. The molecule has 0 saturated heterocycles. The lowest BCUT2D eigenvalue weighted by molar-refractivity contribution is -0.107. The molecule has 4 rings (SSSR count). The van der Waals surface area contributed by atoms with Crippen molar-refractivity contribution in [2.24, 2.45) is 0 Å². The van der Waals surface area contributed by atoms with Crippen LogP contribution in [0, 0.1) is 0 Å². The van der Waals surface area contributed by atoms with E-state index in [0.717, 1.165) is 5.39 Å². The maximum Gasteiger partial charge on any atom is 0.255 e. The van der Waals surface area contributed by atoms with Crippen LogP contribution in [-0.2, 0) is 9.53 Å². The number of amides is 2. The average Bonchev–Trinajstić information content (AvgIpc) is 3.33. The molecule has 0 saturated carbocycles. The van der Waals surface area contributed by atoms with E-state index < -0.39 is 0 Å². The SMILES string of the molecule is COCCOc1cccc2oc(N(C=O)CCOc3ccc(C(=O)Nc4ccccc4N)cc3)cc12. The number of carbonyl (C=O) groups is 2. The highest BCUT2D eigenvalue weighted by Crippen LogP contribution is 2.32. The normalized spacial score (nSPS) is 10.7. The number of nitrogens with two attached hydrogens (primary N) is 1. The lowest BCUT2D eigenvalue weighted by atomic mass is 10.2. The largest absolute Gasteiger partial charge is 0.492 e. The maximum absolute atomic E-state index is 12.5. The van der Waals surface area contributed by atoms with E-state index in [1.807, 2.05) is 18.2 Å². The van der Waals surface area contributed by atoms with Gasteiger partial charge in [-0.1, -0.05) is 18.2 Å². The number of carbonyl (C=O) groups excluding carboxylic acids is 2. The number of hydrogen-bond donors (Lipinski definition) is 2. The van der Waals surface area contributed by atoms with Crippen molar-refractivity contribution >= 4 is 40.5 Å². The molecule has 4 aromatic rings. The lowest BCUT2D eigenvalue weighted by Gasteiger charge is -2.14. The summed E-state index contributed by atoms with van der Waals surface area (Å²) in [4.78, 5) is 25.6. The Hall–Kier alpha value is -4.50. The van der Waals surface area contributed by atoms with Crippen LogP contribution in [0.2, 0.25) is 0 Å². The molecule has 0 radical (unpaired) electrons. The highest BCUT2D eigenvalue weighted by Gasteiger charge is 2.15. The Kier molecular flexibility index (Phi) is 8.05. The van der Waals surface area contributed by atoms with Gasteiger partial charge >= 0.3 is 0 Å². The molecule has 0 spiro atoms. The van der Waals surface area contributed by atoms with E-state index >= 15 is 0 Å². The molecule has 186 valence electrons. The highest BCUT2D eigenvalue weighted by atomic mass is 16.5. The maximum atomic E-state index is 12.5. The summed E-state index contributed by atoms with van der Waals surface area (Å²) in [7, 11) is 1.61. The summed E-state index contributed by atoms with van der Waals surface area (Å²) >= 11 is 0. The van der Waals surface area contributed by atoms with Crippen LogP contribution in [0.3, 0.4) is 0 Å². The molecule has 2 amide bonds. The van der Waals surface area contributed by atoms with Gasteiger partial charge in [-0.2, -0.15) is 0 Å². The third-order valence-electron chi connectivity index (χ3n) is 5.39. The van der Waals surface area contributed by atoms with Gasteiger partial charge in [0.2, 0.25) is 12.3 Å². The van der Waals surface area contributed by atoms with E-state index in [2.05, 4.69) is 5.32 Å². The number of nitrogen functional groups attached to an aromatic ring is 1. The molecule has 0 bridgehead atoms.